The quantitative estimate of drug-likeness (QED) is 0.852. The Balaban J connectivity index is 2.19. The van der Waals surface area contributed by atoms with Gasteiger partial charge in [0.15, 0.2) is 0 Å². The fourth-order valence-electron chi connectivity index (χ4n) is 1.60. The van der Waals surface area contributed by atoms with E-state index in [1.54, 1.807) is 18.2 Å². The fourth-order valence-corrected chi connectivity index (χ4v) is 1.72. The highest BCUT2D eigenvalue weighted by atomic mass is 32.1. The Morgan fingerprint density at radius 3 is 2.70 bits per heavy atom. The van der Waals surface area contributed by atoms with Gasteiger partial charge in [-0.3, -0.25) is 9.78 Å². The normalized spacial score (nSPS) is 10.1. The summed E-state index contributed by atoms with van der Waals surface area (Å²) in [5.74, 6) is -0.993. The SMILES string of the molecule is Cc1ccc(F)c(NC(=O)c2ccc(C(N)=S)cn2)c1. The summed E-state index contributed by atoms with van der Waals surface area (Å²) >= 11 is 4.80. The summed E-state index contributed by atoms with van der Waals surface area (Å²) in [6.07, 6.45) is 1.41. The lowest BCUT2D eigenvalue weighted by Crippen LogP contribution is -2.16. The van der Waals surface area contributed by atoms with Crippen molar-refractivity contribution in [2.45, 2.75) is 6.92 Å². The number of nitrogens with zero attached hydrogens (tertiary/aromatic N) is 1. The molecule has 6 heteroatoms. The summed E-state index contributed by atoms with van der Waals surface area (Å²) in [6, 6.07) is 7.56. The van der Waals surface area contributed by atoms with Gasteiger partial charge in [-0.1, -0.05) is 18.3 Å². The predicted octanol–water partition coefficient (Wildman–Crippen LogP) is 2.42. The average molecular weight is 289 g/mol. The minimum atomic E-state index is -0.497. The van der Waals surface area contributed by atoms with Gasteiger partial charge in [-0.25, -0.2) is 4.39 Å². The third-order valence-corrected chi connectivity index (χ3v) is 2.89. The van der Waals surface area contributed by atoms with E-state index in [-0.39, 0.29) is 16.4 Å². The van der Waals surface area contributed by atoms with Crippen molar-refractivity contribution in [2.24, 2.45) is 5.73 Å². The molecule has 1 aromatic carbocycles. The lowest BCUT2D eigenvalue weighted by atomic mass is 10.2. The molecule has 3 N–H and O–H groups in total. The molecule has 2 aromatic rings. The molecular weight excluding hydrogens is 277 g/mol. The summed E-state index contributed by atoms with van der Waals surface area (Å²) < 4.78 is 13.5. The lowest BCUT2D eigenvalue weighted by Gasteiger charge is -2.07. The summed E-state index contributed by atoms with van der Waals surface area (Å²) in [5, 5.41) is 2.48. The van der Waals surface area contributed by atoms with Crippen LogP contribution in [0.5, 0.6) is 0 Å². The van der Waals surface area contributed by atoms with Crippen molar-refractivity contribution in [1.29, 1.82) is 0 Å². The van der Waals surface area contributed by atoms with E-state index >= 15 is 0 Å². The highest BCUT2D eigenvalue weighted by Crippen LogP contribution is 2.16. The number of nitrogens with one attached hydrogen (secondary N) is 1. The van der Waals surface area contributed by atoms with E-state index in [9.17, 15) is 9.18 Å². The Kier molecular flexibility index (Phi) is 4.05. The van der Waals surface area contributed by atoms with E-state index < -0.39 is 11.7 Å². The van der Waals surface area contributed by atoms with Crippen molar-refractivity contribution in [3.8, 4) is 0 Å². The van der Waals surface area contributed by atoms with Gasteiger partial charge in [0.05, 0.1) is 5.69 Å². The van der Waals surface area contributed by atoms with Crippen LogP contribution < -0.4 is 11.1 Å². The zero-order chi connectivity index (χ0) is 14.7. The first-order chi connectivity index (χ1) is 9.47. The smallest absolute Gasteiger partial charge is 0.274 e. The number of carbonyl (C=O) groups excluding carboxylic acids is 1. The number of nitrogens with two attached hydrogens (primary N) is 1. The molecule has 0 aliphatic carbocycles. The number of benzene rings is 1. The number of aromatic nitrogens is 1. The van der Waals surface area contributed by atoms with E-state index in [0.29, 0.717) is 5.56 Å². The maximum absolute atomic E-state index is 13.5. The fraction of sp³-hybridized carbons (Fsp3) is 0.0714. The second-order valence-electron chi connectivity index (χ2n) is 4.23. The number of halogens is 1. The van der Waals surface area contributed by atoms with Gasteiger partial charge in [-0.05, 0) is 36.8 Å². The number of amides is 1. The average Bonchev–Trinajstić information content (AvgIpc) is 2.43. The number of pyridine rings is 1. The second kappa shape index (κ2) is 5.75. The number of aryl methyl sites for hydroxylation is 1. The monoisotopic (exact) mass is 289 g/mol. The molecule has 0 aliphatic heterocycles. The Morgan fingerprint density at radius 2 is 2.10 bits per heavy atom. The summed E-state index contributed by atoms with van der Waals surface area (Å²) in [4.78, 5) is 16.1. The van der Waals surface area contributed by atoms with Gasteiger partial charge in [0.1, 0.15) is 16.5 Å². The van der Waals surface area contributed by atoms with Gasteiger partial charge in [0.2, 0.25) is 0 Å². The zero-order valence-electron chi connectivity index (χ0n) is 10.7. The molecule has 0 radical (unpaired) electrons. The van der Waals surface area contributed by atoms with Crippen LogP contribution in [-0.4, -0.2) is 15.9 Å². The van der Waals surface area contributed by atoms with E-state index in [0.717, 1.165) is 5.56 Å². The van der Waals surface area contributed by atoms with Crippen LogP contribution in [0.2, 0.25) is 0 Å². The molecule has 102 valence electrons. The molecule has 1 amide bonds. The highest BCUT2D eigenvalue weighted by Gasteiger charge is 2.11. The van der Waals surface area contributed by atoms with Crippen molar-refractivity contribution >= 4 is 28.8 Å². The van der Waals surface area contributed by atoms with Crippen molar-refractivity contribution in [3.05, 3.63) is 59.2 Å². The molecule has 0 fully saturated rings. The Hall–Kier alpha value is -2.34. The second-order valence-corrected chi connectivity index (χ2v) is 4.67. The Morgan fingerprint density at radius 1 is 1.35 bits per heavy atom. The first-order valence-corrected chi connectivity index (χ1v) is 6.21. The number of carbonyl (C=O) groups is 1. The van der Waals surface area contributed by atoms with Crippen LogP contribution in [0.1, 0.15) is 21.6 Å². The summed E-state index contributed by atoms with van der Waals surface area (Å²) in [6.45, 7) is 1.81. The number of hydrogen-bond donors (Lipinski definition) is 2. The minimum Gasteiger partial charge on any atom is -0.389 e. The summed E-state index contributed by atoms with van der Waals surface area (Å²) in [7, 11) is 0. The van der Waals surface area contributed by atoms with Gasteiger partial charge < -0.3 is 11.1 Å². The van der Waals surface area contributed by atoms with Gasteiger partial charge in [0.25, 0.3) is 5.91 Å². The van der Waals surface area contributed by atoms with E-state index in [4.69, 9.17) is 18.0 Å². The van der Waals surface area contributed by atoms with Crippen molar-refractivity contribution < 1.29 is 9.18 Å². The van der Waals surface area contributed by atoms with Crippen molar-refractivity contribution in [2.75, 3.05) is 5.32 Å². The van der Waals surface area contributed by atoms with Crippen LogP contribution in [-0.2, 0) is 0 Å². The standard InChI is InChI=1S/C14H12FN3OS/c1-8-2-4-10(15)12(6-8)18-14(19)11-5-3-9(7-17-11)13(16)20/h2-7H,1H3,(H2,16,20)(H,18,19). The molecule has 0 saturated heterocycles. The lowest BCUT2D eigenvalue weighted by molar-refractivity contribution is 0.102. The Labute approximate surface area is 120 Å². The van der Waals surface area contributed by atoms with Crippen LogP contribution >= 0.6 is 12.2 Å². The van der Waals surface area contributed by atoms with Crippen molar-refractivity contribution in [1.82, 2.24) is 4.98 Å². The molecule has 0 aliphatic rings. The predicted molar refractivity (Wildman–Crippen MR) is 79.2 cm³/mol. The van der Waals surface area contributed by atoms with Crippen LogP contribution in [0.25, 0.3) is 0 Å². The van der Waals surface area contributed by atoms with E-state index in [2.05, 4.69) is 10.3 Å². The number of rotatable bonds is 3. The van der Waals surface area contributed by atoms with Gasteiger partial charge in [-0.15, -0.1) is 0 Å². The van der Waals surface area contributed by atoms with Crippen molar-refractivity contribution in [3.63, 3.8) is 0 Å². The van der Waals surface area contributed by atoms with Crippen LogP contribution in [0.4, 0.5) is 10.1 Å². The first-order valence-electron chi connectivity index (χ1n) is 5.81. The third kappa shape index (κ3) is 3.16. The molecule has 1 heterocycles. The Bertz CT molecular complexity index is 671. The largest absolute Gasteiger partial charge is 0.389 e. The van der Waals surface area contributed by atoms with Gasteiger partial charge >= 0.3 is 0 Å². The minimum absolute atomic E-state index is 0.121. The maximum Gasteiger partial charge on any atom is 0.274 e. The maximum atomic E-state index is 13.5. The molecule has 2 rings (SSSR count). The molecule has 4 nitrogen and oxygen atoms in total. The molecular formula is C14H12FN3OS. The molecule has 0 saturated carbocycles. The molecule has 0 spiro atoms. The highest BCUT2D eigenvalue weighted by molar-refractivity contribution is 7.80. The van der Waals surface area contributed by atoms with Crippen LogP contribution in [0.15, 0.2) is 36.5 Å². The molecule has 0 atom stereocenters. The first kappa shape index (κ1) is 14.1. The number of thiocarbonyl (C=S) groups is 1. The van der Waals surface area contributed by atoms with Gasteiger partial charge in [-0.2, -0.15) is 0 Å². The molecule has 1 aromatic heterocycles. The van der Waals surface area contributed by atoms with Gasteiger partial charge in [0, 0.05) is 11.8 Å². The number of hydrogen-bond acceptors (Lipinski definition) is 3. The topological polar surface area (TPSA) is 68.0 Å². The molecule has 0 unspecified atom stereocenters. The number of anilines is 1. The van der Waals surface area contributed by atoms with E-state index in [1.165, 1.54) is 18.3 Å². The molecule has 0 bridgehead atoms. The third-order valence-electron chi connectivity index (χ3n) is 2.65. The van der Waals surface area contributed by atoms with E-state index in [1.807, 2.05) is 6.92 Å². The van der Waals surface area contributed by atoms with Crippen LogP contribution in [0.3, 0.4) is 0 Å². The van der Waals surface area contributed by atoms with Crippen LogP contribution in [0, 0.1) is 12.7 Å². The summed E-state index contributed by atoms with van der Waals surface area (Å²) in [5.41, 5.74) is 7.13. The zero-order valence-corrected chi connectivity index (χ0v) is 11.5. The molecule has 20 heavy (non-hydrogen) atoms.